The Morgan fingerprint density at radius 1 is 1.35 bits per heavy atom. The standard InChI is InChI=1S/C17H27NO5/c1-6-8-21-11-17-9-12(14(19)22-7-2)18(13(17)10-17)15(20)23-16(3,4)5/h6,12-13H,1,7-11H2,2-5H3/t12-,13+,17-/m0/s1. The molecule has 130 valence electrons. The van der Waals surface area contributed by atoms with E-state index in [1.807, 2.05) is 20.8 Å². The normalized spacial score (nSPS) is 29.0. The summed E-state index contributed by atoms with van der Waals surface area (Å²) >= 11 is 0. The zero-order chi connectivity index (χ0) is 17.3. The molecule has 0 bridgehead atoms. The minimum Gasteiger partial charge on any atom is -0.464 e. The summed E-state index contributed by atoms with van der Waals surface area (Å²) in [7, 11) is 0. The van der Waals surface area contributed by atoms with Gasteiger partial charge in [-0.2, -0.15) is 0 Å². The molecule has 1 saturated heterocycles. The molecule has 2 fully saturated rings. The molecule has 2 aliphatic rings. The van der Waals surface area contributed by atoms with Gasteiger partial charge in [-0.1, -0.05) is 6.08 Å². The average molecular weight is 325 g/mol. The number of amides is 1. The minimum absolute atomic E-state index is 0.0171. The fourth-order valence-electron chi connectivity index (χ4n) is 3.20. The number of rotatable bonds is 6. The fourth-order valence-corrected chi connectivity index (χ4v) is 3.20. The number of esters is 1. The van der Waals surface area contributed by atoms with Crippen LogP contribution < -0.4 is 0 Å². The third-order valence-corrected chi connectivity index (χ3v) is 4.21. The lowest BCUT2D eigenvalue weighted by Crippen LogP contribution is -2.46. The highest BCUT2D eigenvalue weighted by molar-refractivity contribution is 5.83. The van der Waals surface area contributed by atoms with Crippen molar-refractivity contribution in [2.24, 2.45) is 5.41 Å². The third-order valence-electron chi connectivity index (χ3n) is 4.21. The van der Waals surface area contributed by atoms with Crippen LogP contribution in [0.25, 0.3) is 0 Å². The van der Waals surface area contributed by atoms with Gasteiger partial charge in [-0.15, -0.1) is 6.58 Å². The monoisotopic (exact) mass is 325 g/mol. The molecule has 1 aliphatic carbocycles. The molecule has 1 amide bonds. The van der Waals surface area contributed by atoms with Gasteiger partial charge >= 0.3 is 12.1 Å². The highest BCUT2D eigenvalue weighted by Crippen LogP contribution is 2.60. The van der Waals surface area contributed by atoms with Gasteiger partial charge in [0.05, 0.1) is 19.8 Å². The number of hydrogen-bond acceptors (Lipinski definition) is 5. The molecule has 23 heavy (non-hydrogen) atoms. The Bertz CT molecular complexity index is 484. The summed E-state index contributed by atoms with van der Waals surface area (Å²) in [5.74, 6) is -0.367. The van der Waals surface area contributed by atoms with Crippen molar-refractivity contribution in [1.29, 1.82) is 0 Å². The van der Waals surface area contributed by atoms with Gasteiger partial charge in [0.15, 0.2) is 0 Å². The number of carbonyl (C=O) groups is 2. The van der Waals surface area contributed by atoms with Gasteiger partial charge in [0.25, 0.3) is 0 Å². The number of piperidine rings is 1. The van der Waals surface area contributed by atoms with Crippen LogP contribution in [0.2, 0.25) is 0 Å². The van der Waals surface area contributed by atoms with Gasteiger partial charge in [0.2, 0.25) is 0 Å². The summed E-state index contributed by atoms with van der Waals surface area (Å²) in [4.78, 5) is 26.3. The molecule has 6 heteroatoms. The van der Waals surface area contributed by atoms with Crippen LogP contribution in [0.15, 0.2) is 12.7 Å². The molecule has 6 nitrogen and oxygen atoms in total. The first-order valence-corrected chi connectivity index (χ1v) is 8.10. The summed E-state index contributed by atoms with van der Waals surface area (Å²) in [5.41, 5.74) is -0.757. The molecule has 2 rings (SSSR count). The first-order valence-electron chi connectivity index (χ1n) is 8.10. The van der Waals surface area contributed by atoms with Crippen molar-refractivity contribution >= 4 is 12.1 Å². The van der Waals surface area contributed by atoms with Crippen LogP contribution in [-0.2, 0) is 19.0 Å². The highest BCUT2D eigenvalue weighted by atomic mass is 16.6. The summed E-state index contributed by atoms with van der Waals surface area (Å²) in [6, 6.07) is -0.604. The minimum atomic E-state index is -0.601. The third kappa shape index (κ3) is 3.86. The van der Waals surface area contributed by atoms with Gasteiger partial charge < -0.3 is 14.2 Å². The van der Waals surface area contributed by atoms with E-state index in [-0.39, 0.29) is 17.4 Å². The molecule has 0 radical (unpaired) electrons. The van der Waals surface area contributed by atoms with Crippen LogP contribution in [0.3, 0.4) is 0 Å². The van der Waals surface area contributed by atoms with Crippen LogP contribution in [0.4, 0.5) is 4.79 Å². The van der Waals surface area contributed by atoms with Crippen LogP contribution in [0, 0.1) is 5.41 Å². The predicted molar refractivity (Wildman–Crippen MR) is 85.0 cm³/mol. The van der Waals surface area contributed by atoms with Crippen LogP contribution in [-0.4, -0.2) is 54.5 Å². The van der Waals surface area contributed by atoms with E-state index in [1.165, 1.54) is 0 Å². The topological polar surface area (TPSA) is 65.1 Å². The molecule has 0 spiro atoms. The van der Waals surface area contributed by atoms with Gasteiger partial charge in [0.1, 0.15) is 11.6 Å². The fraction of sp³-hybridized carbons (Fsp3) is 0.765. The Balaban J connectivity index is 2.11. The van der Waals surface area contributed by atoms with Crippen molar-refractivity contribution in [1.82, 2.24) is 4.90 Å². The van der Waals surface area contributed by atoms with Crippen LogP contribution in [0.1, 0.15) is 40.5 Å². The van der Waals surface area contributed by atoms with Crippen molar-refractivity contribution < 1.29 is 23.8 Å². The number of carbonyl (C=O) groups excluding carboxylic acids is 2. The van der Waals surface area contributed by atoms with Crippen molar-refractivity contribution in [2.75, 3.05) is 19.8 Å². The molecular weight excluding hydrogens is 298 g/mol. The maximum absolute atomic E-state index is 12.5. The van der Waals surface area contributed by atoms with E-state index in [2.05, 4.69) is 6.58 Å². The van der Waals surface area contributed by atoms with E-state index >= 15 is 0 Å². The molecule has 3 atom stereocenters. The predicted octanol–water partition coefficient (Wildman–Crippen LogP) is 2.52. The number of likely N-dealkylation sites (tertiary alicyclic amines) is 1. The van der Waals surface area contributed by atoms with E-state index in [9.17, 15) is 9.59 Å². The van der Waals surface area contributed by atoms with E-state index in [4.69, 9.17) is 14.2 Å². The van der Waals surface area contributed by atoms with Gasteiger partial charge in [-0.25, -0.2) is 9.59 Å². The molecule has 0 unspecified atom stereocenters. The smallest absolute Gasteiger partial charge is 0.411 e. The summed E-state index contributed by atoms with van der Waals surface area (Å²) in [6.07, 6.45) is 2.63. The summed E-state index contributed by atoms with van der Waals surface area (Å²) in [5, 5.41) is 0. The van der Waals surface area contributed by atoms with E-state index in [1.54, 1.807) is 17.9 Å². The largest absolute Gasteiger partial charge is 0.464 e. The number of ether oxygens (including phenoxy) is 3. The Morgan fingerprint density at radius 3 is 2.61 bits per heavy atom. The molecule has 0 N–H and O–H groups in total. The molecule has 1 heterocycles. The van der Waals surface area contributed by atoms with E-state index < -0.39 is 17.7 Å². The SMILES string of the molecule is C=CCOC[C@@]12C[C@@H](C(=O)OCC)N(C(=O)OC(C)(C)C)[C@@H]1C2. The first-order chi connectivity index (χ1) is 10.7. The average Bonchev–Trinajstić information content (AvgIpc) is 3.02. The second kappa shape index (κ2) is 6.51. The number of fused-ring (bicyclic) bond motifs is 1. The quantitative estimate of drug-likeness (QED) is 0.426. The van der Waals surface area contributed by atoms with Gasteiger partial charge in [-0.3, -0.25) is 4.90 Å². The Labute approximate surface area is 137 Å². The molecule has 0 aromatic heterocycles. The van der Waals surface area contributed by atoms with Crippen molar-refractivity contribution in [3.8, 4) is 0 Å². The van der Waals surface area contributed by atoms with Crippen LogP contribution >= 0.6 is 0 Å². The Kier molecular flexibility index (Phi) is 5.04. The second-order valence-corrected chi connectivity index (χ2v) is 7.25. The lowest BCUT2D eigenvalue weighted by Gasteiger charge is -2.29. The van der Waals surface area contributed by atoms with Crippen molar-refractivity contribution in [3.05, 3.63) is 12.7 Å². The molecule has 1 saturated carbocycles. The number of nitrogens with zero attached hydrogens (tertiary/aromatic N) is 1. The van der Waals surface area contributed by atoms with Gasteiger partial charge in [0, 0.05) is 11.5 Å². The zero-order valence-corrected chi connectivity index (χ0v) is 14.5. The lowest BCUT2D eigenvalue weighted by molar-refractivity contribution is -0.149. The van der Waals surface area contributed by atoms with Crippen molar-refractivity contribution in [2.45, 2.75) is 58.2 Å². The highest BCUT2D eigenvalue weighted by Gasteiger charge is 2.68. The van der Waals surface area contributed by atoms with Gasteiger partial charge in [-0.05, 0) is 40.5 Å². The van der Waals surface area contributed by atoms with E-state index in [0.29, 0.717) is 26.2 Å². The second-order valence-electron chi connectivity index (χ2n) is 7.25. The first kappa shape index (κ1) is 17.8. The Morgan fingerprint density at radius 2 is 2.04 bits per heavy atom. The Hall–Kier alpha value is -1.56. The maximum atomic E-state index is 12.5. The zero-order valence-electron chi connectivity index (χ0n) is 14.5. The van der Waals surface area contributed by atoms with Crippen molar-refractivity contribution in [3.63, 3.8) is 0 Å². The van der Waals surface area contributed by atoms with Crippen LogP contribution in [0.5, 0.6) is 0 Å². The molecule has 0 aromatic rings. The maximum Gasteiger partial charge on any atom is 0.411 e. The summed E-state index contributed by atoms with van der Waals surface area (Å²) < 4.78 is 16.2. The molecule has 1 aliphatic heterocycles. The van der Waals surface area contributed by atoms with E-state index in [0.717, 1.165) is 6.42 Å². The molecular formula is C17H27NO5. The lowest BCUT2D eigenvalue weighted by atomic mass is 10.0. The summed E-state index contributed by atoms with van der Waals surface area (Å²) in [6.45, 7) is 12.1. The number of hydrogen-bond donors (Lipinski definition) is 0. The molecule has 0 aromatic carbocycles.